The number of hydrogen-bond acceptors (Lipinski definition) is 5. The van der Waals surface area contributed by atoms with Gasteiger partial charge in [-0.2, -0.15) is 0 Å². The average Bonchev–Trinajstić information content (AvgIpc) is 2.86. The minimum Gasteiger partial charge on any atom is -0.493 e. The Bertz CT molecular complexity index is 1180. The van der Waals surface area contributed by atoms with Gasteiger partial charge in [0.15, 0.2) is 11.5 Å². The van der Waals surface area contributed by atoms with Gasteiger partial charge in [-0.3, -0.25) is 9.10 Å². The molecule has 3 rings (SSSR count). The van der Waals surface area contributed by atoms with Crippen LogP contribution in [0, 0.1) is 0 Å². The van der Waals surface area contributed by atoms with Crippen LogP contribution in [0.15, 0.2) is 83.8 Å². The predicted octanol–water partition coefficient (Wildman–Crippen LogP) is 4.04. The molecule has 8 heteroatoms. The first-order valence-electron chi connectivity index (χ1n) is 11.0. The molecule has 0 heterocycles. The molecule has 0 aromatic heterocycles. The lowest BCUT2D eigenvalue weighted by atomic mass is 10.1. The van der Waals surface area contributed by atoms with Crippen molar-refractivity contribution >= 4 is 21.6 Å². The van der Waals surface area contributed by atoms with Crippen LogP contribution in [0.5, 0.6) is 11.5 Å². The number of nitrogens with zero attached hydrogens (tertiary/aromatic N) is 1. The lowest BCUT2D eigenvalue weighted by Crippen LogP contribution is -2.43. The summed E-state index contributed by atoms with van der Waals surface area (Å²) < 4.78 is 38.7. The number of sulfonamides is 1. The fourth-order valence-corrected chi connectivity index (χ4v) is 5.00. The van der Waals surface area contributed by atoms with E-state index in [1.54, 1.807) is 36.4 Å². The first-order valence-corrected chi connectivity index (χ1v) is 12.4. The van der Waals surface area contributed by atoms with E-state index < -0.39 is 15.9 Å². The number of rotatable bonds is 11. The summed E-state index contributed by atoms with van der Waals surface area (Å²) in [4.78, 5) is 13.0. The molecule has 1 N–H and O–H groups in total. The molecule has 1 atom stereocenters. The molecule has 3 aromatic carbocycles. The maximum Gasteiger partial charge on any atom is 0.264 e. The summed E-state index contributed by atoms with van der Waals surface area (Å²) in [5, 5.41) is 2.92. The van der Waals surface area contributed by atoms with Gasteiger partial charge in [0, 0.05) is 12.1 Å². The number of nitrogens with one attached hydrogen (secondary N) is 1. The Labute approximate surface area is 201 Å². The van der Waals surface area contributed by atoms with Crippen molar-refractivity contribution in [2.24, 2.45) is 0 Å². The Balaban J connectivity index is 1.82. The molecule has 1 amide bonds. The van der Waals surface area contributed by atoms with Gasteiger partial charge in [-0.15, -0.1) is 0 Å². The second-order valence-corrected chi connectivity index (χ2v) is 9.72. The summed E-state index contributed by atoms with van der Waals surface area (Å²) >= 11 is 0. The number of hydrogen-bond donors (Lipinski definition) is 1. The smallest absolute Gasteiger partial charge is 0.264 e. The lowest BCUT2D eigenvalue weighted by molar-refractivity contribution is -0.120. The van der Waals surface area contributed by atoms with Gasteiger partial charge in [-0.05, 0) is 49.6 Å². The molecule has 0 aliphatic carbocycles. The van der Waals surface area contributed by atoms with Gasteiger partial charge in [-0.25, -0.2) is 8.42 Å². The lowest BCUT2D eigenvalue weighted by Gasteiger charge is -2.25. The van der Waals surface area contributed by atoms with E-state index in [1.165, 1.54) is 31.9 Å². The van der Waals surface area contributed by atoms with Crippen molar-refractivity contribution in [2.75, 3.05) is 25.1 Å². The molecular weight excluding hydrogens is 452 g/mol. The zero-order chi connectivity index (χ0) is 24.6. The summed E-state index contributed by atoms with van der Waals surface area (Å²) in [5.41, 5.74) is 1.48. The largest absolute Gasteiger partial charge is 0.493 e. The number of anilines is 1. The summed E-state index contributed by atoms with van der Waals surface area (Å²) in [6, 6.07) is 22.7. The highest BCUT2D eigenvalue weighted by Gasteiger charge is 2.28. The highest BCUT2D eigenvalue weighted by atomic mass is 32.2. The zero-order valence-corrected chi connectivity index (χ0v) is 20.4. The van der Waals surface area contributed by atoms with Crippen LogP contribution in [-0.4, -0.2) is 41.1 Å². The summed E-state index contributed by atoms with van der Waals surface area (Å²) in [7, 11) is -1.04. The van der Waals surface area contributed by atoms with Crippen molar-refractivity contribution in [2.45, 2.75) is 30.7 Å². The number of carbonyl (C=O) groups excluding carboxylic acids is 1. The number of benzene rings is 3. The van der Waals surface area contributed by atoms with Gasteiger partial charge in [-0.1, -0.05) is 48.5 Å². The Morgan fingerprint density at radius 2 is 1.53 bits per heavy atom. The minimum absolute atomic E-state index is 0.0923. The van der Waals surface area contributed by atoms with Gasteiger partial charge in [0.1, 0.15) is 6.54 Å². The van der Waals surface area contributed by atoms with E-state index in [4.69, 9.17) is 9.47 Å². The number of ether oxygens (including phenoxy) is 2. The highest BCUT2D eigenvalue weighted by molar-refractivity contribution is 7.92. The second-order valence-electron chi connectivity index (χ2n) is 7.86. The molecule has 0 spiro atoms. The fraction of sp³-hybridized carbons (Fsp3) is 0.269. The van der Waals surface area contributed by atoms with Gasteiger partial charge in [0.2, 0.25) is 5.91 Å². The highest BCUT2D eigenvalue weighted by Crippen LogP contribution is 2.33. The van der Waals surface area contributed by atoms with Crippen molar-refractivity contribution < 1.29 is 22.7 Å². The van der Waals surface area contributed by atoms with Crippen molar-refractivity contribution in [3.63, 3.8) is 0 Å². The monoisotopic (exact) mass is 482 g/mol. The van der Waals surface area contributed by atoms with Gasteiger partial charge in [0.05, 0.1) is 24.8 Å². The second kappa shape index (κ2) is 11.6. The summed E-state index contributed by atoms with van der Waals surface area (Å²) in [5.74, 6) is 0.432. The number of methoxy groups -OCH3 is 2. The topological polar surface area (TPSA) is 84.9 Å². The van der Waals surface area contributed by atoms with E-state index in [1.807, 2.05) is 37.3 Å². The van der Waals surface area contributed by atoms with Crippen LogP contribution in [0.2, 0.25) is 0 Å². The Morgan fingerprint density at radius 3 is 2.15 bits per heavy atom. The van der Waals surface area contributed by atoms with Gasteiger partial charge < -0.3 is 14.8 Å². The van der Waals surface area contributed by atoms with Crippen LogP contribution in [0.4, 0.5) is 5.69 Å². The van der Waals surface area contributed by atoms with Crippen LogP contribution in [0.25, 0.3) is 0 Å². The molecule has 0 aliphatic rings. The minimum atomic E-state index is -4.01. The third-order valence-corrected chi connectivity index (χ3v) is 7.18. The number of aryl methyl sites for hydroxylation is 1. The van der Waals surface area contributed by atoms with Crippen LogP contribution in [0.3, 0.4) is 0 Å². The van der Waals surface area contributed by atoms with E-state index in [0.29, 0.717) is 17.2 Å². The van der Waals surface area contributed by atoms with Crippen LogP contribution in [-0.2, 0) is 21.2 Å². The molecule has 7 nitrogen and oxygen atoms in total. The van der Waals surface area contributed by atoms with Crippen molar-refractivity contribution in [3.8, 4) is 11.5 Å². The summed E-state index contributed by atoms with van der Waals surface area (Å²) in [6.07, 6.45) is 1.54. The standard InChI is InChI=1S/C26H30N2O5S/c1-20(14-15-21-10-6-4-7-11-21)27-26(29)19-28(34(30,31)23-12-8-5-9-13-23)22-16-17-24(32-2)25(18-22)33-3/h4-13,16-18,20H,14-15,19H2,1-3H3,(H,27,29)/t20-/m1/s1. The van der Waals surface area contributed by atoms with E-state index >= 15 is 0 Å². The van der Waals surface area contributed by atoms with Crippen molar-refractivity contribution in [1.82, 2.24) is 5.32 Å². The molecule has 0 saturated heterocycles. The molecule has 0 bridgehead atoms. The molecule has 0 aliphatic heterocycles. The van der Waals surface area contributed by atoms with Gasteiger partial charge >= 0.3 is 0 Å². The summed E-state index contributed by atoms with van der Waals surface area (Å²) in [6.45, 7) is 1.54. The molecule has 34 heavy (non-hydrogen) atoms. The molecule has 0 radical (unpaired) electrons. The maximum atomic E-state index is 13.5. The maximum absolute atomic E-state index is 13.5. The molecule has 0 unspecified atom stereocenters. The quantitative estimate of drug-likeness (QED) is 0.446. The molecular formula is C26H30N2O5S. The zero-order valence-electron chi connectivity index (χ0n) is 19.6. The van der Waals surface area contributed by atoms with Crippen LogP contribution < -0.4 is 19.1 Å². The van der Waals surface area contributed by atoms with Crippen LogP contribution >= 0.6 is 0 Å². The van der Waals surface area contributed by atoms with E-state index in [2.05, 4.69) is 5.32 Å². The number of carbonyl (C=O) groups is 1. The SMILES string of the molecule is COc1ccc(N(CC(=O)N[C@H](C)CCc2ccccc2)S(=O)(=O)c2ccccc2)cc1OC. The molecule has 0 saturated carbocycles. The Hall–Kier alpha value is -3.52. The molecule has 180 valence electrons. The predicted molar refractivity (Wildman–Crippen MR) is 133 cm³/mol. The average molecular weight is 483 g/mol. The Kier molecular flexibility index (Phi) is 8.54. The normalized spacial score (nSPS) is 12.0. The fourth-order valence-electron chi connectivity index (χ4n) is 3.57. The van der Waals surface area contributed by atoms with E-state index in [-0.39, 0.29) is 17.5 Å². The van der Waals surface area contributed by atoms with Crippen LogP contribution in [0.1, 0.15) is 18.9 Å². The molecule has 3 aromatic rings. The third-order valence-electron chi connectivity index (χ3n) is 5.39. The number of amides is 1. The van der Waals surface area contributed by atoms with Gasteiger partial charge in [0.25, 0.3) is 10.0 Å². The van der Waals surface area contributed by atoms with Crippen molar-refractivity contribution in [3.05, 3.63) is 84.4 Å². The van der Waals surface area contributed by atoms with E-state index in [9.17, 15) is 13.2 Å². The molecule has 0 fully saturated rings. The first kappa shape index (κ1) is 25.1. The van der Waals surface area contributed by atoms with Crippen molar-refractivity contribution in [1.29, 1.82) is 0 Å². The third kappa shape index (κ3) is 6.29. The Morgan fingerprint density at radius 1 is 0.912 bits per heavy atom. The van der Waals surface area contributed by atoms with E-state index in [0.717, 1.165) is 17.1 Å². The first-order chi connectivity index (χ1) is 16.3.